The molecular formula is C13H16O5. The predicted octanol–water partition coefficient (Wildman–Crippen LogP) is 1.94. The van der Waals surface area contributed by atoms with Crippen LogP contribution in [0.3, 0.4) is 0 Å². The quantitative estimate of drug-likeness (QED) is 0.811. The van der Waals surface area contributed by atoms with Crippen molar-refractivity contribution in [3.05, 3.63) is 28.8 Å². The number of carbonyl (C=O) groups excluding carboxylic acids is 1. The highest BCUT2D eigenvalue weighted by Crippen LogP contribution is 2.24. The van der Waals surface area contributed by atoms with Gasteiger partial charge in [-0.05, 0) is 44.0 Å². The highest BCUT2D eigenvalue weighted by molar-refractivity contribution is 5.88. The van der Waals surface area contributed by atoms with Crippen molar-refractivity contribution in [3.63, 3.8) is 0 Å². The van der Waals surface area contributed by atoms with Gasteiger partial charge in [0.25, 0.3) is 0 Å². The largest absolute Gasteiger partial charge is 0.481 e. The van der Waals surface area contributed by atoms with Crippen molar-refractivity contribution in [1.29, 1.82) is 0 Å². The monoisotopic (exact) mass is 252 g/mol. The maximum Gasteiger partial charge on any atom is 0.344 e. The Labute approximate surface area is 105 Å². The smallest absolute Gasteiger partial charge is 0.344 e. The normalized spacial score (nSPS) is 9.94. The first-order valence-electron chi connectivity index (χ1n) is 5.58. The van der Waals surface area contributed by atoms with Crippen LogP contribution in [0.2, 0.25) is 0 Å². The summed E-state index contributed by atoms with van der Waals surface area (Å²) in [6.45, 7) is 5.32. The number of ether oxygens (including phenoxy) is 2. The first kappa shape index (κ1) is 14.0. The molecule has 18 heavy (non-hydrogen) atoms. The van der Waals surface area contributed by atoms with Crippen molar-refractivity contribution >= 4 is 11.9 Å². The summed E-state index contributed by atoms with van der Waals surface area (Å²) in [5.41, 5.74) is 1.56. The van der Waals surface area contributed by atoms with Crippen LogP contribution in [0, 0.1) is 13.8 Å². The Bertz CT molecular complexity index is 441. The molecule has 98 valence electrons. The summed E-state index contributed by atoms with van der Waals surface area (Å²) in [6.07, 6.45) is 0. The number of carboxylic acids is 1. The average Bonchev–Trinajstić information content (AvgIpc) is 2.27. The van der Waals surface area contributed by atoms with E-state index in [4.69, 9.17) is 14.6 Å². The van der Waals surface area contributed by atoms with E-state index >= 15 is 0 Å². The minimum atomic E-state index is -0.988. The predicted molar refractivity (Wildman–Crippen MR) is 65.0 cm³/mol. The lowest BCUT2D eigenvalue weighted by Gasteiger charge is -2.12. The average molecular weight is 252 g/mol. The number of aryl methyl sites for hydroxylation is 2. The zero-order valence-electron chi connectivity index (χ0n) is 10.6. The number of rotatable bonds is 5. The van der Waals surface area contributed by atoms with E-state index in [-0.39, 0.29) is 12.2 Å². The molecule has 0 heterocycles. The molecule has 0 saturated heterocycles. The van der Waals surface area contributed by atoms with E-state index in [0.29, 0.717) is 23.5 Å². The van der Waals surface area contributed by atoms with E-state index in [1.54, 1.807) is 20.8 Å². The van der Waals surface area contributed by atoms with Gasteiger partial charge >= 0.3 is 11.9 Å². The van der Waals surface area contributed by atoms with E-state index in [0.717, 1.165) is 0 Å². The van der Waals surface area contributed by atoms with Gasteiger partial charge in [-0.3, -0.25) is 0 Å². The van der Waals surface area contributed by atoms with E-state index in [1.165, 1.54) is 12.1 Å². The number of hydrogen-bond acceptors (Lipinski definition) is 4. The molecule has 0 aliphatic heterocycles. The van der Waals surface area contributed by atoms with E-state index in [9.17, 15) is 9.59 Å². The van der Waals surface area contributed by atoms with Crippen molar-refractivity contribution in [2.45, 2.75) is 20.8 Å². The maximum absolute atomic E-state index is 11.2. The zero-order valence-corrected chi connectivity index (χ0v) is 10.6. The third kappa shape index (κ3) is 3.48. The van der Waals surface area contributed by atoms with Crippen molar-refractivity contribution in [2.24, 2.45) is 0 Å². The third-order valence-corrected chi connectivity index (χ3v) is 2.35. The Morgan fingerprint density at radius 2 is 1.78 bits per heavy atom. The fourth-order valence-corrected chi connectivity index (χ4v) is 1.64. The standard InChI is InChI=1S/C13H16O5/c1-4-17-11(14)7-18-12-8(2)5-10(13(15)16)6-9(12)3/h5-6H,4,7H2,1-3H3,(H,15,16). The summed E-state index contributed by atoms with van der Waals surface area (Å²) in [7, 11) is 0. The number of carboxylic acid groups (broad SMARTS) is 1. The summed E-state index contributed by atoms with van der Waals surface area (Å²) in [5, 5.41) is 8.90. The van der Waals surface area contributed by atoms with Gasteiger partial charge in [-0.15, -0.1) is 0 Å². The highest BCUT2D eigenvalue weighted by Gasteiger charge is 2.12. The van der Waals surface area contributed by atoms with E-state index in [1.807, 2.05) is 0 Å². The number of esters is 1. The molecule has 1 N–H and O–H groups in total. The van der Waals surface area contributed by atoms with Crippen LogP contribution in [-0.2, 0) is 9.53 Å². The Morgan fingerprint density at radius 3 is 2.22 bits per heavy atom. The molecule has 0 amide bonds. The molecule has 0 radical (unpaired) electrons. The Morgan fingerprint density at radius 1 is 1.22 bits per heavy atom. The van der Waals surface area contributed by atoms with Crippen LogP contribution < -0.4 is 4.74 Å². The molecule has 5 nitrogen and oxygen atoms in total. The van der Waals surface area contributed by atoms with Gasteiger partial charge < -0.3 is 14.6 Å². The van der Waals surface area contributed by atoms with Gasteiger partial charge in [0.15, 0.2) is 6.61 Å². The minimum absolute atomic E-state index is 0.179. The second kappa shape index (κ2) is 6.05. The van der Waals surface area contributed by atoms with Gasteiger partial charge in [-0.25, -0.2) is 9.59 Å². The zero-order chi connectivity index (χ0) is 13.7. The van der Waals surface area contributed by atoms with Crippen LogP contribution in [0.4, 0.5) is 0 Å². The summed E-state index contributed by atoms with van der Waals surface area (Å²) >= 11 is 0. The van der Waals surface area contributed by atoms with Crippen molar-refractivity contribution in [1.82, 2.24) is 0 Å². The van der Waals surface area contributed by atoms with Crippen LogP contribution >= 0.6 is 0 Å². The Balaban J connectivity index is 2.84. The highest BCUT2D eigenvalue weighted by atomic mass is 16.6. The maximum atomic E-state index is 11.2. The molecule has 0 aromatic heterocycles. The second-order valence-corrected chi connectivity index (χ2v) is 3.84. The Kier molecular flexibility index (Phi) is 4.71. The third-order valence-electron chi connectivity index (χ3n) is 2.35. The molecule has 5 heteroatoms. The molecule has 0 aliphatic rings. The first-order valence-corrected chi connectivity index (χ1v) is 5.58. The fourth-order valence-electron chi connectivity index (χ4n) is 1.64. The summed E-state index contributed by atoms with van der Waals surface area (Å²) in [4.78, 5) is 22.0. The first-order chi connectivity index (χ1) is 8.45. The molecule has 0 unspecified atom stereocenters. The van der Waals surface area contributed by atoms with Gasteiger partial charge in [0.2, 0.25) is 0 Å². The number of benzene rings is 1. The second-order valence-electron chi connectivity index (χ2n) is 3.84. The fraction of sp³-hybridized carbons (Fsp3) is 0.385. The number of hydrogen-bond donors (Lipinski definition) is 1. The van der Waals surface area contributed by atoms with Gasteiger partial charge in [-0.2, -0.15) is 0 Å². The van der Waals surface area contributed by atoms with Gasteiger partial charge in [0, 0.05) is 0 Å². The summed E-state index contributed by atoms with van der Waals surface area (Å²) in [5.74, 6) is -0.912. The lowest BCUT2D eigenvalue weighted by Crippen LogP contribution is -2.15. The van der Waals surface area contributed by atoms with Crippen LogP contribution in [0.1, 0.15) is 28.4 Å². The van der Waals surface area contributed by atoms with Gasteiger partial charge in [0.1, 0.15) is 5.75 Å². The Hall–Kier alpha value is -2.04. The molecule has 0 fully saturated rings. The van der Waals surface area contributed by atoms with Crippen molar-refractivity contribution in [2.75, 3.05) is 13.2 Å². The van der Waals surface area contributed by atoms with Gasteiger partial charge in [0.05, 0.1) is 12.2 Å². The van der Waals surface area contributed by atoms with Crippen LogP contribution in [-0.4, -0.2) is 30.3 Å². The minimum Gasteiger partial charge on any atom is -0.481 e. The van der Waals surface area contributed by atoms with Crippen LogP contribution in [0.15, 0.2) is 12.1 Å². The number of carbonyl (C=O) groups is 2. The molecule has 0 atom stereocenters. The van der Waals surface area contributed by atoms with Crippen LogP contribution in [0.25, 0.3) is 0 Å². The lowest BCUT2D eigenvalue weighted by molar-refractivity contribution is -0.145. The molecule has 1 aromatic carbocycles. The van der Waals surface area contributed by atoms with Crippen molar-refractivity contribution in [3.8, 4) is 5.75 Å². The molecule has 0 spiro atoms. The van der Waals surface area contributed by atoms with Gasteiger partial charge in [-0.1, -0.05) is 0 Å². The summed E-state index contributed by atoms with van der Waals surface area (Å²) in [6, 6.07) is 3.02. The molecule has 0 saturated carbocycles. The lowest BCUT2D eigenvalue weighted by atomic mass is 10.1. The van der Waals surface area contributed by atoms with Crippen LogP contribution in [0.5, 0.6) is 5.75 Å². The van der Waals surface area contributed by atoms with Crippen molar-refractivity contribution < 1.29 is 24.2 Å². The molecular weight excluding hydrogens is 236 g/mol. The van der Waals surface area contributed by atoms with E-state index < -0.39 is 11.9 Å². The molecule has 0 aliphatic carbocycles. The molecule has 1 rings (SSSR count). The topological polar surface area (TPSA) is 72.8 Å². The molecule has 0 bridgehead atoms. The SMILES string of the molecule is CCOC(=O)COc1c(C)cc(C(=O)O)cc1C. The van der Waals surface area contributed by atoms with E-state index in [2.05, 4.69) is 0 Å². The molecule has 1 aromatic rings. The summed E-state index contributed by atoms with van der Waals surface area (Å²) < 4.78 is 10.1. The number of aromatic carboxylic acids is 1.